The molecule has 28 heavy (non-hydrogen) atoms. The predicted molar refractivity (Wildman–Crippen MR) is 121 cm³/mol. The van der Waals surface area contributed by atoms with Crippen LogP contribution in [-0.4, -0.2) is 10.8 Å². The molecule has 2 atom stereocenters. The number of hydrogen-bond donors (Lipinski definition) is 2. The fourth-order valence-electron chi connectivity index (χ4n) is 3.37. The summed E-state index contributed by atoms with van der Waals surface area (Å²) in [6.07, 6.45) is 0.438. The van der Waals surface area contributed by atoms with Crippen LogP contribution in [0.25, 0.3) is 0 Å². The number of aromatic hydroxyl groups is 1. The minimum atomic E-state index is -0.233. The molecule has 2 N–H and O–H groups in total. The molecular formula is C22H17Br2ClN2O. The smallest absolute Gasteiger partial charge is 0.126 e. The summed E-state index contributed by atoms with van der Waals surface area (Å²) in [6, 6.07) is 21.3. The van der Waals surface area contributed by atoms with Crippen molar-refractivity contribution >= 4 is 49.2 Å². The van der Waals surface area contributed by atoms with Crippen LogP contribution >= 0.6 is 43.5 Å². The molecule has 3 aromatic rings. The first kappa shape index (κ1) is 19.6. The van der Waals surface area contributed by atoms with Crippen LogP contribution in [0.4, 0.5) is 0 Å². The van der Waals surface area contributed by atoms with Crippen molar-refractivity contribution in [2.45, 2.75) is 18.6 Å². The van der Waals surface area contributed by atoms with Crippen LogP contribution in [0.1, 0.15) is 35.3 Å². The van der Waals surface area contributed by atoms with Gasteiger partial charge in [-0.15, -0.1) is 0 Å². The van der Waals surface area contributed by atoms with E-state index in [-0.39, 0.29) is 18.0 Å². The molecule has 142 valence electrons. The standard InChI is InChI=1S/C22H17Br2ClN2O/c23-15-3-1-2-14(10-15)19-12-20(18-11-16(24)6-9-21(18)28)27-22(26-19)13-4-7-17(25)8-5-13/h1-11,20,22,27-28H,12H2/t20-,22+/m0/s1. The van der Waals surface area contributed by atoms with E-state index in [2.05, 4.69) is 49.3 Å². The molecule has 0 saturated carbocycles. The van der Waals surface area contributed by atoms with Gasteiger partial charge in [-0.3, -0.25) is 10.3 Å². The van der Waals surface area contributed by atoms with Gasteiger partial charge in [0.25, 0.3) is 0 Å². The molecule has 6 heteroatoms. The van der Waals surface area contributed by atoms with E-state index in [4.69, 9.17) is 16.6 Å². The van der Waals surface area contributed by atoms with Crippen molar-refractivity contribution < 1.29 is 5.11 Å². The predicted octanol–water partition coefficient (Wildman–Crippen LogP) is 6.79. The zero-order valence-corrected chi connectivity index (χ0v) is 18.7. The molecule has 0 fully saturated rings. The number of phenols is 1. The van der Waals surface area contributed by atoms with E-state index >= 15 is 0 Å². The molecule has 4 rings (SSSR count). The first-order valence-corrected chi connectivity index (χ1v) is 10.8. The van der Waals surface area contributed by atoms with E-state index in [1.807, 2.05) is 48.5 Å². The van der Waals surface area contributed by atoms with Gasteiger partial charge >= 0.3 is 0 Å². The normalized spacial score (nSPS) is 19.3. The number of rotatable bonds is 3. The third-order valence-corrected chi connectivity index (χ3v) is 5.99. The highest BCUT2D eigenvalue weighted by Gasteiger charge is 2.27. The summed E-state index contributed by atoms with van der Waals surface area (Å²) in [7, 11) is 0. The summed E-state index contributed by atoms with van der Waals surface area (Å²) in [4.78, 5) is 4.97. The molecule has 0 spiro atoms. The lowest BCUT2D eigenvalue weighted by Crippen LogP contribution is -2.33. The molecule has 1 aliphatic heterocycles. The molecule has 0 unspecified atom stereocenters. The Morgan fingerprint density at radius 1 is 0.964 bits per heavy atom. The van der Waals surface area contributed by atoms with E-state index in [1.54, 1.807) is 6.07 Å². The molecule has 3 aromatic carbocycles. The number of aliphatic imine (C=N–C) groups is 1. The van der Waals surface area contributed by atoms with Crippen LogP contribution in [0.3, 0.4) is 0 Å². The van der Waals surface area contributed by atoms with Gasteiger partial charge < -0.3 is 5.11 Å². The van der Waals surface area contributed by atoms with Gasteiger partial charge in [0.1, 0.15) is 11.9 Å². The summed E-state index contributed by atoms with van der Waals surface area (Å²) in [5.74, 6) is 0.269. The highest BCUT2D eigenvalue weighted by molar-refractivity contribution is 9.10. The maximum Gasteiger partial charge on any atom is 0.126 e. The second-order valence-corrected chi connectivity index (χ2v) is 8.93. The first-order valence-electron chi connectivity index (χ1n) is 8.82. The van der Waals surface area contributed by atoms with E-state index in [0.717, 1.165) is 31.3 Å². The molecule has 0 aliphatic carbocycles. The maximum atomic E-state index is 10.5. The monoisotopic (exact) mass is 518 g/mol. The second kappa shape index (κ2) is 8.37. The van der Waals surface area contributed by atoms with Crippen LogP contribution in [0.2, 0.25) is 5.02 Å². The van der Waals surface area contributed by atoms with Crippen LogP contribution < -0.4 is 5.32 Å². The number of benzene rings is 3. The zero-order valence-electron chi connectivity index (χ0n) is 14.7. The zero-order chi connectivity index (χ0) is 19.7. The van der Waals surface area contributed by atoms with Crippen LogP contribution in [0.15, 0.2) is 80.7 Å². The molecular weight excluding hydrogens is 504 g/mol. The summed E-state index contributed by atoms with van der Waals surface area (Å²) in [5, 5.41) is 14.7. The number of hydrogen-bond acceptors (Lipinski definition) is 3. The van der Waals surface area contributed by atoms with Crippen molar-refractivity contribution in [3.05, 3.63) is 97.4 Å². The minimum Gasteiger partial charge on any atom is -0.508 e. The molecule has 0 amide bonds. The molecule has 0 saturated heterocycles. The quantitative estimate of drug-likeness (QED) is 0.399. The lowest BCUT2D eigenvalue weighted by molar-refractivity contribution is 0.412. The summed E-state index contributed by atoms with van der Waals surface area (Å²) in [6.45, 7) is 0. The summed E-state index contributed by atoms with van der Waals surface area (Å²) in [5.41, 5.74) is 3.92. The number of nitrogens with one attached hydrogen (secondary N) is 1. The van der Waals surface area contributed by atoms with Gasteiger partial charge in [-0.25, -0.2) is 0 Å². The van der Waals surface area contributed by atoms with E-state index < -0.39 is 0 Å². The third-order valence-electron chi connectivity index (χ3n) is 4.75. The van der Waals surface area contributed by atoms with Gasteiger partial charge in [-0.2, -0.15) is 0 Å². The van der Waals surface area contributed by atoms with Gasteiger partial charge in [0, 0.05) is 37.7 Å². The highest BCUT2D eigenvalue weighted by Crippen LogP contribution is 2.36. The highest BCUT2D eigenvalue weighted by atomic mass is 79.9. The fourth-order valence-corrected chi connectivity index (χ4v) is 4.27. The second-order valence-electron chi connectivity index (χ2n) is 6.67. The lowest BCUT2D eigenvalue weighted by atomic mass is 9.93. The van der Waals surface area contributed by atoms with Gasteiger partial charge in [-0.1, -0.05) is 67.7 Å². The Kier molecular flexibility index (Phi) is 5.88. The summed E-state index contributed by atoms with van der Waals surface area (Å²) < 4.78 is 1.94. The summed E-state index contributed by atoms with van der Waals surface area (Å²) >= 11 is 13.1. The topological polar surface area (TPSA) is 44.6 Å². The average Bonchev–Trinajstić information content (AvgIpc) is 2.70. The lowest BCUT2D eigenvalue weighted by Gasteiger charge is -2.31. The molecule has 0 radical (unpaired) electrons. The molecule has 1 aliphatic rings. The number of phenolic OH excluding ortho intramolecular Hbond substituents is 1. The first-order chi connectivity index (χ1) is 13.5. The van der Waals surface area contributed by atoms with Crippen LogP contribution in [0.5, 0.6) is 5.75 Å². The van der Waals surface area contributed by atoms with Gasteiger partial charge in [0.15, 0.2) is 0 Å². The Bertz CT molecular complexity index is 1040. The molecule has 0 aromatic heterocycles. The molecule has 1 heterocycles. The van der Waals surface area contributed by atoms with E-state index in [1.165, 1.54) is 0 Å². The van der Waals surface area contributed by atoms with Crippen molar-refractivity contribution in [2.75, 3.05) is 0 Å². The van der Waals surface area contributed by atoms with Crippen molar-refractivity contribution in [3.8, 4) is 5.75 Å². The van der Waals surface area contributed by atoms with Gasteiger partial charge in [0.05, 0.1) is 0 Å². The average molecular weight is 521 g/mol. The Hall–Kier alpha value is -1.66. The van der Waals surface area contributed by atoms with Gasteiger partial charge in [-0.05, 0) is 53.6 Å². The Labute approximate surface area is 185 Å². The van der Waals surface area contributed by atoms with Crippen molar-refractivity contribution in [1.29, 1.82) is 0 Å². The van der Waals surface area contributed by atoms with E-state index in [9.17, 15) is 5.11 Å². The Morgan fingerprint density at radius 3 is 2.46 bits per heavy atom. The van der Waals surface area contributed by atoms with Crippen molar-refractivity contribution in [2.24, 2.45) is 4.99 Å². The fraction of sp³-hybridized carbons (Fsp3) is 0.136. The van der Waals surface area contributed by atoms with Crippen LogP contribution in [-0.2, 0) is 0 Å². The van der Waals surface area contributed by atoms with Crippen LogP contribution in [0, 0.1) is 0 Å². The molecule has 0 bridgehead atoms. The number of halogens is 3. The SMILES string of the molecule is Oc1ccc(Br)cc1[C@@H]1CC(c2cccc(Br)c2)=N[C@@H](c2ccc(Cl)cc2)N1. The minimum absolute atomic E-state index is 0.0790. The van der Waals surface area contributed by atoms with Crippen molar-refractivity contribution in [3.63, 3.8) is 0 Å². The maximum absolute atomic E-state index is 10.5. The van der Waals surface area contributed by atoms with E-state index in [0.29, 0.717) is 11.4 Å². The Morgan fingerprint density at radius 2 is 1.71 bits per heavy atom. The molecule has 3 nitrogen and oxygen atoms in total. The van der Waals surface area contributed by atoms with Crippen molar-refractivity contribution in [1.82, 2.24) is 5.32 Å². The Balaban J connectivity index is 1.77. The number of nitrogens with zero attached hydrogens (tertiary/aromatic N) is 1. The largest absolute Gasteiger partial charge is 0.508 e. The van der Waals surface area contributed by atoms with Gasteiger partial charge in [0.2, 0.25) is 0 Å². The third kappa shape index (κ3) is 4.33.